The number of hydrogen-bond donors (Lipinski definition) is 1. The summed E-state index contributed by atoms with van der Waals surface area (Å²) in [5, 5.41) is 12.9. The molecule has 1 heterocycles. The molecule has 0 unspecified atom stereocenters. The van der Waals surface area contributed by atoms with Gasteiger partial charge in [0.1, 0.15) is 0 Å². The zero-order chi connectivity index (χ0) is 7.40. The van der Waals surface area contributed by atoms with Crippen LogP contribution in [-0.4, -0.2) is 11.5 Å². The van der Waals surface area contributed by atoms with Crippen molar-refractivity contribution in [2.24, 2.45) is 0 Å². The maximum atomic E-state index is 9.96. The summed E-state index contributed by atoms with van der Waals surface area (Å²) in [6, 6.07) is 0. The van der Waals surface area contributed by atoms with Gasteiger partial charge in [-0.05, 0) is 19.3 Å². The third kappa shape index (κ3) is 2.05. The lowest BCUT2D eigenvalue weighted by atomic mass is 10.1. The molecule has 56 valence electrons. The van der Waals surface area contributed by atoms with Crippen molar-refractivity contribution in [3.8, 4) is 0 Å². The molecular weight excluding hydrogens is 132 g/mol. The first-order valence-electron chi connectivity index (χ1n) is 3.37. The molecular formula is C6H10N2O2. The third-order valence-corrected chi connectivity index (χ3v) is 1.49. The Kier molecular flexibility index (Phi) is 2.25. The molecule has 1 aliphatic heterocycles. The van der Waals surface area contributed by atoms with Crippen molar-refractivity contribution in [2.75, 3.05) is 6.54 Å². The van der Waals surface area contributed by atoms with Gasteiger partial charge in [-0.15, -0.1) is 0 Å². The third-order valence-electron chi connectivity index (χ3n) is 1.49. The number of nitro groups is 1. The second-order valence-corrected chi connectivity index (χ2v) is 2.32. The molecule has 1 saturated heterocycles. The topological polar surface area (TPSA) is 55.2 Å². The van der Waals surface area contributed by atoms with Crippen LogP contribution in [0.5, 0.6) is 0 Å². The van der Waals surface area contributed by atoms with E-state index in [9.17, 15) is 10.1 Å². The fraction of sp³-hybridized carbons (Fsp3) is 0.667. The zero-order valence-electron chi connectivity index (χ0n) is 5.67. The van der Waals surface area contributed by atoms with E-state index in [1.165, 1.54) is 0 Å². The number of nitrogens with zero attached hydrogens (tertiary/aromatic N) is 1. The van der Waals surface area contributed by atoms with E-state index in [2.05, 4.69) is 5.32 Å². The Balaban J connectivity index is 2.45. The summed E-state index contributed by atoms with van der Waals surface area (Å²) >= 11 is 0. The van der Waals surface area contributed by atoms with Gasteiger partial charge in [0, 0.05) is 6.54 Å². The Morgan fingerprint density at radius 3 is 2.90 bits per heavy atom. The standard InChI is InChI=1S/C6H10N2O2/c9-8(10)5-6-3-1-2-4-7-6/h5,7H,1-4H2/b6-5+. The fourth-order valence-electron chi connectivity index (χ4n) is 1.02. The van der Waals surface area contributed by atoms with Crippen molar-refractivity contribution >= 4 is 0 Å². The SMILES string of the molecule is O=[N+]([O-])/C=C1\CCCCN1. The Morgan fingerprint density at radius 2 is 2.40 bits per heavy atom. The lowest BCUT2D eigenvalue weighted by Crippen LogP contribution is -2.20. The molecule has 0 bridgehead atoms. The smallest absolute Gasteiger partial charge is 0.253 e. The normalized spacial score (nSPS) is 22.2. The van der Waals surface area contributed by atoms with Gasteiger partial charge in [0.05, 0.1) is 10.6 Å². The van der Waals surface area contributed by atoms with Gasteiger partial charge >= 0.3 is 0 Å². The van der Waals surface area contributed by atoms with Gasteiger partial charge in [0.25, 0.3) is 6.20 Å². The van der Waals surface area contributed by atoms with Gasteiger partial charge in [-0.2, -0.15) is 0 Å². The molecule has 1 rings (SSSR count). The van der Waals surface area contributed by atoms with Crippen molar-refractivity contribution in [3.63, 3.8) is 0 Å². The molecule has 0 saturated carbocycles. The van der Waals surface area contributed by atoms with Crippen LogP contribution in [0.4, 0.5) is 0 Å². The Bertz CT molecular complexity index is 157. The molecule has 0 amide bonds. The zero-order valence-corrected chi connectivity index (χ0v) is 5.67. The van der Waals surface area contributed by atoms with E-state index >= 15 is 0 Å². The van der Waals surface area contributed by atoms with E-state index in [1.54, 1.807) is 0 Å². The van der Waals surface area contributed by atoms with Crippen LogP contribution in [0.2, 0.25) is 0 Å². The maximum absolute atomic E-state index is 9.96. The Labute approximate surface area is 59.1 Å². The largest absolute Gasteiger partial charge is 0.383 e. The average Bonchev–Trinajstić information content (AvgIpc) is 1.88. The van der Waals surface area contributed by atoms with E-state index in [1.807, 2.05) is 0 Å². The molecule has 4 heteroatoms. The van der Waals surface area contributed by atoms with E-state index in [4.69, 9.17) is 0 Å². The second kappa shape index (κ2) is 3.20. The van der Waals surface area contributed by atoms with Gasteiger partial charge in [-0.3, -0.25) is 10.1 Å². The summed E-state index contributed by atoms with van der Waals surface area (Å²) in [6.45, 7) is 0.875. The lowest BCUT2D eigenvalue weighted by Gasteiger charge is -2.13. The molecule has 0 aromatic carbocycles. The molecule has 10 heavy (non-hydrogen) atoms. The van der Waals surface area contributed by atoms with Gasteiger partial charge in [0.15, 0.2) is 0 Å². The Hall–Kier alpha value is -1.06. The van der Waals surface area contributed by atoms with Crippen molar-refractivity contribution in [1.82, 2.24) is 5.32 Å². The van der Waals surface area contributed by atoms with Crippen LogP contribution in [-0.2, 0) is 0 Å². The molecule has 0 aliphatic carbocycles. The first kappa shape index (κ1) is 7.05. The van der Waals surface area contributed by atoms with Crippen LogP contribution in [0.15, 0.2) is 11.9 Å². The average molecular weight is 142 g/mol. The van der Waals surface area contributed by atoms with Gasteiger partial charge < -0.3 is 5.32 Å². The fourth-order valence-corrected chi connectivity index (χ4v) is 1.02. The highest BCUT2D eigenvalue weighted by Crippen LogP contribution is 2.09. The highest BCUT2D eigenvalue weighted by atomic mass is 16.6. The minimum absolute atomic E-state index is 0.409. The number of nitrogens with one attached hydrogen (secondary N) is 1. The molecule has 4 nitrogen and oxygen atoms in total. The van der Waals surface area contributed by atoms with Crippen LogP contribution in [0.3, 0.4) is 0 Å². The summed E-state index contributed by atoms with van der Waals surface area (Å²) in [6.07, 6.45) is 4.06. The molecule has 1 N–H and O–H groups in total. The van der Waals surface area contributed by atoms with Gasteiger partial charge in [-0.1, -0.05) is 0 Å². The van der Waals surface area contributed by atoms with Crippen molar-refractivity contribution in [3.05, 3.63) is 22.0 Å². The van der Waals surface area contributed by atoms with Crippen molar-refractivity contribution in [2.45, 2.75) is 19.3 Å². The number of hydrogen-bond acceptors (Lipinski definition) is 3. The molecule has 0 spiro atoms. The monoisotopic (exact) mass is 142 g/mol. The molecule has 0 radical (unpaired) electrons. The van der Waals surface area contributed by atoms with Crippen LogP contribution in [0.25, 0.3) is 0 Å². The number of allylic oxidation sites excluding steroid dienone is 1. The van der Waals surface area contributed by atoms with Crippen LogP contribution in [0, 0.1) is 10.1 Å². The predicted octanol–water partition coefficient (Wildman–Crippen LogP) is 0.878. The first-order chi connectivity index (χ1) is 4.79. The summed E-state index contributed by atoms with van der Waals surface area (Å²) in [7, 11) is 0. The summed E-state index contributed by atoms with van der Waals surface area (Å²) in [4.78, 5) is 9.55. The predicted molar refractivity (Wildman–Crippen MR) is 36.9 cm³/mol. The molecule has 0 atom stereocenters. The van der Waals surface area contributed by atoms with Crippen LogP contribution in [0.1, 0.15) is 19.3 Å². The van der Waals surface area contributed by atoms with Gasteiger partial charge in [0.2, 0.25) is 0 Å². The van der Waals surface area contributed by atoms with Gasteiger partial charge in [-0.25, -0.2) is 0 Å². The summed E-state index contributed by atoms with van der Waals surface area (Å²) in [5.74, 6) is 0. The minimum Gasteiger partial charge on any atom is -0.383 e. The summed E-state index contributed by atoms with van der Waals surface area (Å²) in [5.41, 5.74) is 0.760. The number of rotatable bonds is 1. The van der Waals surface area contributed by atoms with E-state index in [0.717, 1.165) is 37.7 Å². The Morgan fingerprint density at radius 1 is 1.60 bits per heavy atom. The van der Waals surface area contributed by atoms with Crippen LogP contribution < -0.4 is 5.32 Å². The molecule has 1 fully saturated rings. The molecule has 0 aromatic heterocycles. The highest BCUT2D eigenvalue weighted by molar-refractivity contribution is 4.96. The van der Waals surface area contributed by atoms with E-state index in [-0.39, 0.29) is 0 Å². The van der Waals surface area contributed by atoms with Crippen molar-refractivity contribution < 1.29 is 4.92 Å². The lowest BCUT2D eigenvalue weighted by molar-refractivity contribution is -0.404. The van der Waals surface area contributed by atoms with E-state index in [0.29, 0.717) is 0 Å². The highest BCUT2D eigenvalue weighted by Gasteiger charge is 2.06. The quantitative estimate of drug-likeness (QED) is 0.436. The van der Waals surface area contributed by atoms with E-state index < -0.39 is 4.92 Å². The van der Waals surface area contributed by atoms with Crippen LogP contribution >= 0.6 is 0 Å². The molecule has 0 aromatic rings. The summed E-state index contributed by atoms with van der Waals surface area (Å²) < 4.78 is 0. The minimum atomic E-state index is -0.409. The molecule has 1 aliphatic rings. The maximum Gasteiger partial charge on any atom is 0.253 e. The number of piperidine rings is 1. The first-order valence-corrected chi connectivity index (χ1v) is 3.37. The van der Waals surface area contributed by atoms with Crippen molar-refractivity contribution in [1.29, 1.82) is 0 Å². The second-order valence-electron chi connectivity index (χ2n) is 2.32.